The maximum Gasteiger partial charge on any atom is 0.234 e. The molecule has 0 aliphatic rings. The predicted octanol–water partition coefficient (Wildman–Crippen LogP) is 5.31. The van der Waals surface area contributed by atoms with Crippen LogP contribution in [0.3, 0.4) is 0 Å². The SMILES string of the molecule is Cc1ccccc1-c1nnc(SCC(=O)Nc2cccc(Oc3ccccc3)c2)n1C. The van der Waals surface area contributed by atoms with Crippen LogP contribution in [0.1, 0.15) is 5.56 Å². The Labute approximate surface area is 185 Å². The third-order valence-electron chi connectivity index (χ3n) is 4.65. The molecule has 31 heavy (non-hydrogen) atoms. The van der Waals surface area contributed by atoms with Crippen molar-refractivity contribution in [3.05, 3.63) is 84.4 Å². The molecule has 4 rings (SSSR count). The van der Waals surface area contributed by atoms with Gasteiger partial charge in [-0.25, -0.2) is 0 Å². The van der Waals surface area contributed by atoms with Gasteiger partial charge in [0.2, 0.25) is 5.91 Å². The fourth-order valence-electron chi connectivity index (χ4n) is 3.09. The molecule has 0 unspecified atom stereocenters. The summed E-state index contributed by atoms with van der Waals surface area (Å²) in [6.45, 7) is 2.04. The Kier molecular flexibility index (Phi) is 6.33. The van der Waals surface area contributed by atoms with Gasteiger partial charge in [0.1, 0.15) is 11.5 Å². The topological polar surface area (TPSA) is 69.0 Å². The van der Waals surface area contributed by atoms with Crippen LogP contribution in [0, 0.1) is 6.92 Å². The summed E-state index contributed by atoms with van der Waals surface area (Å²) >= 11 is 1.35. The van der Waals surface area contributed by atoms with Crippen LogP contribution in [-0.4, -0.2) is 26.4 Å². The number of amides is 1. The highest BCUT2D eigenvalue weighted by Crippen LogP contribution is 2.26. The Morgan fingerprint density at radius 1 is 0.968 bits per heavy atom. The van der Waals surface area contributed by atoms with E-state index in [1.54, 1.807) is 6.07 Å². The summed E-state index contributed by atoms with van der Waals surface area (Å²) in [6, 6.07) is 24.9. The standard InChI is InChI=1S/C24H22N4O2S/c1-17-9-6-7-14-21(17)23-26-27-24(28(23)2)31-16-22(29)25-18-10-8-13-20(15-18)30-19-11-4-3-5-12-19/h3-15H,16H2,1-2H3,(H,25,29). The zero-order valence-corrected chi connectivity index (χ0v) is 18.1. The number of thioether (sulfide) groups is 1. The number of carbonyl (C=O) groups excluding carboxylic acids is 1. The number of para-hydroxylation sites is 1. The van der Waals surface area contributed by atoms with Crippen LogP contribution in [0.2, 0.25) is 0 Å². The second-order valence-corrected chi connectivity index (χ2v) is 7.90. The fraction of sp³-hybridized carbons (Fsp3) is 0.125. The second-order valence-electron chi connectivity index (χ2n) is 6.96. The minimum Gasteiger partial charge on any atom is -0.457 e. The molecule has 0 saturated heterocycles. The molecule has 1 amide bonds. The second kappa shape index (κ2) is 9.49. The normalized spacial score (nSPS) is 10.6. The zero-order valence-electron chi connectivity index (χ0n) is 17.3. The first kappa shape index (κ1) is 20.7. The smallest absolute Gasteiger partial charge is 0.234 e. The first-order valence-corrected chi connectivity index (χ1v) is 10.8. The van der Waals surface area contributed by atoms with Gasteiger partial charge in [0.25, 0.3) is 0 Å². The minimum absolute atomic E-state index is 0.123. The van der Waals surface area contributed by atoms with Crippen molar-refractivity contribution in [3.8, 4) is 22.9 Å². The molecular formula is C24H22N4O2S. The molecule has 1 heterocycles. The molecule has 0 spiro atoms. The van der Waals surface area contributed by atoms with E-state index in [1.165, 1.54) is 11.8 Å². The molecule has 0 saturated carbocycles. The van der Waals surface area contributed by atoms with E-state index in [1.807, 2.05) is 91.3 Å². The van der Waals surface area contributed by atoms with Crippen molar-refractivity contribution in [1.82, 2.24) is 14.8 Å². The molecular weight excluding hydrogens is 408 g/mol. The van der Waals surface area contributed by atoms with Crippen molar-refractivity contribution in [2.75, 3.05) is 11.1 Å². The van der Waals surface area contributed by atoms with Crippen LogP contribution in [0.25, 0.3) is 11.4 Å². The van der Waals surface area contributed by atoms with Crippen molar-refractivity contribution in [2.24, 2.45) is 7.05 Å². The lowest BCUT2D eigenvalue weighted by Crippen LogP contribution is -2.14. The number of hydrogen-bond acceptors (Lipinski definition) is 5. The zero-order chi connectivity index (χ0) is 21.6. The number of aromatic nitrogens is 3. The minimum atomic E-state index is -0.123. The molecule has 0 bridgehead atoms. The van der Waals surface area contributed by atoms with E-state index >= 15 is 0 Å². The molecule has 6 nitrogen and oxygen atoms in total. The van der Waals surface area contributed by atoms with Gasteiger partial charge in [-0.1, -0.05) is 60.3 Å². The van der Waals surface area contributed by atoms with E-state index in [0.717, 1.165) is 22.7 Å². The van der Waals surface area contributed by atoms with Gasteiger partial charge in [0.05, 0.1) is 5.75 Å². The Morgan fingerprint density at radius 3 is 2.52 bits per heavy atom. The van der Waals surface area contributed by atoms with Gasteiger partial charge in [0.15, 0.2) is 11.0 Å². The maximum atomic E-state index is 12.5. The van der Waals surface area contributed by atoms with Gasteiger partial charge in [0, 0.05) is 24.4 Å². The summed E-state index contributed by atoms with van der Waals surface area (Å²) in [6.07, 6.45) is 0. The molecule has 0 aliphatic carbocycles. The molecule has 7 heteroatoms. The monoisotopic (exact) mass is 430 g/mol. The van der Waals surface area contributed by atoms with Crippen molar-refractivity contribution in [2.45, 2.75) is 12.1 Å². The van der Waals surface area contributed by atoms with Crippen LogP contribution >= 0.6 is 11.8 Å². The van der Waals surface area contributed by atoms with Crippen LogP contribution in [0.4, 0.5) is 5.69 Å². The van der Waals surface area contributed by atoms with Crippen molar-refractivity contribution in [1.29, 1.82) is 0 Å². The van der Waals surface area contributed by atoms with E-state index in [-0.39, 0.29) is 11.7 Å². The molecule has 0 atom stereocenters. The molecule has 4 aromatic rings. The Hall–Kier alpha value is -3.58. The predicted molar refractivity (Wildman–Crippen MR) is 123 cm³/mol. The maximum absolute atomic E-state index is 12.5. The molecule has 156 valence electrons. The van der Waals surface area contributed by atoms with Crippen LogP contribution in [-0.2, 0) is 11.8 Å². The lowest BCUT2D eigenvalue weighted by molar-refractivity contribution is -0.113. The fourth-order valence-corrected chi connectivity index (χ4v) is 3.80. The number of benzene rings is 3. The summed E-state index contributed by atoms with van der Waals surface area (Å²) in [4.78, 5) is 12.5. The van der Waals surface area contributed by atoms with Gasteiger partial charge < -0.3 is 14.6 Å². The molecule has 0 fully saturated rings. The summed E-state index contributed by atoms with van der Waals surface area (Å²) < 4.78 is 7.73. The molecule has 3 aromatic carbocycles. The summed E-state index contributed by atoms with van der Waals surface area (Å²) in [7, 11) is 1.91. The summed E-state index contributed by atoms with van der Waals surface area (Å²) in [5.74, 6) is 2.29. The van der Waals surface area contributed by atoms with Crippen LogP contribution < -0.4 is 10.1 Å². The van der Waals surface area contributed by atoms with E-state index in [9.17, 15) is 4.79 Å². The van der Waals surface area contributed by atoms with Crippen molar-refractivity contribution >= 4 is 23.4 Å². The number of carbonyl (C=O) groups is 1. The Morgan fingerprint density at radius 2 is 1.71 bits per heavy atom. The number of rotatable bonds is 7. The first-order valence-electron chi connectivity index (χ1n) is 9.81. The number of nitrogens with zero attached hydrogens (tertiary/aromatic N) is 3. The third kappa shape index (κ3) is 5.13. The molecule has 1 N–H and O–H groups in total. The van der Waals surface area contributed by atoms with Gasteiger partial charge in [-0.15, -0.1) is 10.2 Å². The number of aryl methyl sites for hydroxylation is 1. The number of anilines is 1. The Bertz CT molecular complexity index is 1190. The highest BCUT2D eigenvalue weighted by Gasteiger charge is 2.14. The Balaban J connectivity index is 1.37. The van der Waals surface area contributed by atoms with Crippen molar-refractivity contribution in [3.63, 3.8) is 0 Å². The average Bonchev–Trinajstić information content (AvgIpc) is 3.14. The van der Waals surface area contributed by atoms with Gasteiger partial charge in [-0.3, -0.25) is 4.79 Å². The quantitative estimate of drug-likeness (QED) is 0.402. The van der Waals surface area contributed by atoms with E-state index in [2.05, 4.69) is 15.5 Å². The van der Waals surface area contributed by atoms with Gasteiger partial charge >= 0.3 is 0 Å². The third-order valence-corrected chi connectivity index (χ3v) is 5.67. The average molecular weight is 431 g/mol. The largest absolute Gasteiger partial charge is 0.457 e. The van der Waals surface area contributed by atoms with Gasteiger partial charge in [-0.2, -0.15) is 0 Å². The number of ether oxygens (including phenoxy) is 1. The van der Waals surface area contributed by atoms with E-state index in [4.69, 9.17) is 4.74 Å². The van der Waals surface area contributed by atoms with Crippen LogP contribution in [0.5, 0.6) is 11.5 Å². The summed E-state index contributed by atoms with van der Waals surface area (Å²) in [5.41, 5.74) is 2.84. The molecule has 0 aliphatic heterocycles. The molecule has 0 radical (unpaired) electrons. The van der Waals surface area contributed by atoms with E-state index in [0.29, 0.717) is 16.6 Å². The highest BCUT2D eigenvalue weighted by atomic mass is 32.2. The number of hydrogen-bond donors (Lipinski definition) is 1. The molecule has 1 aromatic heterocycles. The number of nitrogens with one attached hydrogen (secondary N) is 1. The van der Waals surface area contributed by atoms with Crippen LogP contribution in [0.15, 0.2) is 84.0 Å². The van der Waals surface area contributed by atoms with Crippen molar-refractivity contribution < 1.29 is 9.53 Å². The van der Waals surface area contributed by atoms with E-state index < -0.39 is 0 Å². The van der Waals surface area contributed by atoms with Gasteiger partial charge in [-0.05, 0) is 36.8 Å². The lowest BCUT2D eigenvalue weighted by Gasteiger charge is -2.09. The highest BCUT2D eigenvalue weighted by molar-refractivity contribution is 7.99. The summed E-state index contributed by atoms with van der Waals surface area (Å²) in [5, 5.41) is 12.2. The lowest BCUT2D eigenvalue weighted by atomic mass is 10.1. The first-order chi connectivity index (χ1) is 15.1.